The number of carbonyl (C=O) groups excluding carboxylic acids is 3. The maximum Gasteiger partial charge on any atom is 0.351 e. The Bertz CT molecular complexity index is 2690. The molecule has 0 amide bonds. The van der Waals surface area contributed by atoms with Crippen molar-refractivity contribution in [3.05, 3.63) is 108 Å². The van der Waals surface area contributed by atoms with Gasteiger partial charge in [-0.2, -0.15) is 4.39 Å². The molecule has 1 aromatic carbocycles. The van der Waals surface area contributed by atoms with Crippen LogP contribution in [-0.4, -0.2) is 83.0 Å². The molecule has 0 spiro atoms. The van der Waals surface area contributed by atoms with E-state index >= 15 is 4.39 Å². The van der Waals surface area contributed by atoms with Crippen LogP contribution in [0.3, 0.4) is 0 Å². The number of esters is 3. The van der Waals surface area contributed by atoms with Gasteiger partial charge in [0, 0.05) is 48.6 Å². The lowest BCUT2D eigenvalue weighted by Crippen LogP contribution is -2.48. The van der Waals surface area contributed by atoms with Crippen molar-refractivity contribution in [3.8, 4) is 0 Å². The lowest BCUT2D eigenvalue weighted by atomic mass is 9.79. The molecule has 3 aliphatic rings. The summed E-state index contributed by atoms with van der Waals surface area (Å²) in [4.78, 5) is 80.5. The standard InChI is InChI=1S/C53H70FN3O13/c1-11-64-44(59)21-23-53(10)69-45-42(67-48(46(45)70-53)56-30-39(54)47(60)55(51(56)63)25-22-34(6)19-14-18-33(5)17-13-16-32(3)4)31-66-43(58)20-15-24-57-40-28-41-36(26-37(40)35(7)29-52(57,8)9)27-38(50(62)68-41)49(61)65-12-2/h16,18,22,26-28,30,35,42,45-46,48H,11-15,17,19-21,23-25,29,31H2,1-10H3/b33-18+,34-22+/t35?,42-,45-,46-,48-,53-/m1/s1. The van der Waals surface area contributed by atoms with Crippen molar-refractivity contribution in [1.29, 1.82) is 0 Å². The molecule has 3 aliphatic heterocycles. The number of halogens is 1. The number of rotatable bonds is 21. The Hall–Kier alpha value is -5.65. The van der Waals surface area contributed by atoms with E-state index in [1.54, 1.807) is 26.8 Å². The van der Waals surface area contributed by atoms with Gasteiger partial charge >= 0.3 is 29.2 Å². The number of fused-ring (bicyclic) bond motifs is 3. The second-order valence-electron chi connectivity index (χ2n) is 19.7. The van der Waals surface area contributed by atoms with E-state index < -0.39 is 70.9 Å². The average Bonchev–Trinajstić information content (AvgIpc) is 3.80. The second-order valence-corrected chi connectivity index (χ2v) is 19.7. The fourth-order valence-corrected chi connectivity index (χ4v) is 9.64. The Kier molecular flexibility index (Phi) is 17.7. The summed E-state index contributed by atoms with van der Waals surface area (Å²) < 4.78 is 58.0. The summed E-state index contributed by atoms with van der Waals surface area (Å²) in [6, 6.07) is 5.24. The van der Waals surface area contributed by atoms with Crippen LogP contribution in [0.5, 0.6) is 0 Å². The smallest absolute Gasteiger partial charge is 0.351 e. The summed E-state index contributed by atoms with van der Waals surface area (Å²) in [6.07, 6.45) is 7.33. The summed E-state index contributed by atoms with van der Waals surface area (Å²) in [5.41, 5.74) is 2.44. The highest BCUT2D eigenvalue weighted by Gasteiger charge is 2.58. The monoisotopic (exact) mass is 975 g/mol. The fourth-order valence-electron chi connectivity index (χ4n) is 9.64. The minimum Gasteiger partial charge on any atom is -0.466 e. The highest BCUT2D eigenvalue weighted by atomic mass is 19.1. The maximum atomic E-state index is 15.5. The van der Waals surface area contributed by atoms with Gasteiger partial charge in [-0.15, -0.1) is 0 Å². The van der Waals surface area contributed by atoms with Crippen molar-refractivity contribution in [1.82, 2.24) is 9.13 Å². The number of anilines is 1. The highest BCUT2D eigenvalue weighted by Crippen LogP contribution is 2.46. The maximum absolute atomic E-state index is 15.5. The van der Waals surface area contributed by atoms with E-state index in [-0.39, 0.29) is 62.6 Å². The molecule has 6 rings (SSSR count). The number of hydrogen-bond donors (Lipinski definition) is 0. The SMILES string of the molecule is CCOC(=O)CC[C@@]1(C)O[C@@H]2[C@H](O1)[C@@H](COC(=O)CCCN1c3cc4oc(=O)c(C(=O)OCC)cc4cc3C(C)CC1(C)C)O[C@H]2n1cc(F)c(=O)n(C/C=C(\C)CC/C=C(\C)CCC=C(C)C)c1=O. The quantitative estimate of drug-likeness (QED) is 0.0427. The van der Waals surface area contributed by atoms with E-state index in [9.17, 15) is 28.8 Å². The number of aromatic nitrogens is 2. The third-order valence-electron chi connectivity index (χ3n) is 13.2. The fraction of sp³-hybridized carbons (Fsp3) is 0.585. The molecular formula is C53H70FN3O13. The van der Waals surface area contributed by atoms with Gasteiger partial charge < -0.3 is 37.7 Å². The Labute approximate surface area is 408 Å². The molecule has 5 heterocycles. The first-order valence-electron chi connectivity index (χ1n) is 24.5. The minimum atomic E-state index is -1.35. The van der Waals surface area contributed by atoms with Gasteiger partial charge in [0.25, 0.3) is 5.56 Å². The first-order chi connectivity index (χ1) is 33.1. The van der Waals surface area contributed by atoms with Crippen LogP contribution >= 0.6 is 0 Å². The van der Waals surface area contributed by atoms with E-state index in [0.29, 0.717) is 30.4 Å². The Morgan fingerprint density at radius 1 is 0.843 bits per heavy atom. The zero-order chi connectivity index (χ0) is 51.1. The first-order valence-corrected chi connectivity index (χ1v) is 24.5. The molecule has 2 aromatic heterocycles. The Morgan fingerprint density at radius 3 is 2.21 bits per heavy atom. The van der Waals surface area contributed by atoms with Crippen molar-refractivity contribution in [2.45, 2.75) is 175 Å². The van der Waals surface area contributed by atoms with Gasteiger partial charge in [-0.1, -0.05) is 41.9 Å². The van der Waals surface area contributed by atoms with Gasteiger partial charge in [-0.05, 0) is 124 Å². The number of allylic oxidation sites excluding steroid dienone is 6. The molecule has 17 heteroatoms. The molecular weight excluding hydrogens is 906 g/mol. The summed E-state index contributed by atoms with van der Waals surface area (Å²) in [5.74, 6) is -4.12. The summed E-state index contributed by atoms with van der Waals surface area (Å²) in [6.45, 7) is 19.8. The zero-order valence-corrected chi connectivity index (χ0v) is 42.4. The molecule has 2 fully saturated rings. The molecule has 382 valence electrons. The molecule has 70 heavy (non-hydrogen) atoms. The normalized spacial score (nSPS) is 23.0. The van der Waals surface area contributed by atoms with Crippen molar-refractivity contribution in [2.75, 3.05) is 31.3 Å². The molecule has 0 N–H and O–H groups in total. The number of ether oxygens (including phenoxy) is 6. The van der Waals surface area contributed by atoms with E-state index in [4.69, 9.17) is 32.8 Å². The summed E-state index contributed by atoms with van der Waals surface area (Å²) in [7, 11) is 0. The average molecular weight is 976 g/mol. The molecule has 6 atom stereocenters. The first kappa shape index (κ1) is 53.7. The largest absolute Gasteiger partial charge is 0.466 e. The topological polar surface area (TPSA) is 184 Å². The van der Waals surface area contributed by atoms with Crippen LogP contribution in [0.4, 0.5) is 10.1 Å². The third-order valence-corrected chi connectivity index (χ3v) is 13.2. The third kappa shape index (κ3) is 12.8. The predicted molar refractivity (Wildman–Crippen MR) is 261 cm³/mol. The highest BCUT2D eigenvalue weighted by molar-refractivity contribution is 5.94. The predicted octanol–water partition coefficient (Wildman–Crippen LogP) is 8.71. The van der Waals surface area contributed by atoms with Gasteiger partial charge in [0.2, 0.25) is 5.82 Å². The van der Waals surface area contributed by atoms with Crippen LogP contribution in [0.25, 0.3) is 11.0 Å². The van der Waals surface area contributed by atoms with Gasteiger partial charge in [-0.25, -0.2) is 14.4 Å². The lowest BCUT2D eigenvalue weighted by molar-refractivity contribution is -0.216. The number of nitrogens with zero attached hydrogens (tertiary/aromatic N) is 3. The van der Waals surface area contributed by atoms with Gasteiger partial charge in [0.15, 0.2) is 12.0 Å². The molecule has 3 aromatic rings. The Balaban J connectivity index is 1.16. The number of hydrogen-bond acceptors (Lipinski definition) is 14. The van der Waals surface area contributed by atoms with E-state index in [0.717, 1.165) is 57.8 Å². The van der Waals surface area contributed by atoms with Crippen molar-refractivity contribution >= 4 is 34.6 Å². The van der Waals surface area contributed by atoms with E-state index in [1.807, 2.05) is 19.1 Å². The number of benzene rings is 1. The molecule has 0 radical (unpaired) electrons. The van der Waals surface area contributed by atoms with Crippen LogP contribution < -0.4 is 21.8 Å². The minimum absolute atomic E-state index is 0.0244. The molecule has 0 bridgehead atoms. The summed E-state index contributed by atoms with van der Waals surface area (Å²) in [5, 5.41) is 0.598. The van der Waals surface area contributed by atoms with Crippen molar-refractivity contribution in [2.24, 2.45) is 0 Å². The van der Waals surface area contributed by atoms with Crippen molar-refractivity contribution in [3.63, 3.8) is 0 Å². The summed E-state index contributed by atoms with van der Waals surface area (Å²) >= 11 is 0. The van der Waals surface area contributed by atoms with E-state index in [1.165, 1.54) is 17.2 Å². The van der Waals surface area contributed by atoms with E-state index in [2.05, 4.69) is 58.6 Å². The molecule has 1 unspecified atom stereocenters. The van der Waals surface area contributed by atoms with Crippen LogP contribution in [0.1, 0.15) is 155 Å². The van der Waals surface area contributed by atoms with Crippen LogP contribution in [-0.2, 0) is 44.6 Å². The van der Waals surface area contributed by atoms with Gasteiger partial charge in [0.1, 0.15) is 36.1 Å². The molecule has 0 saturated carbocycles. The molecule has 2 saturated heterocycles. The lowest BCUT2D eigenvalue weighted by Gasteiger charge is -2.47. The Morgan fingerprint density at radius 2 is 1.51 bits per heavy atom. The van der Waals surface area contributed by atoms with Crippen LogP contribution in [0.2, 0.25) is 0 Å². The number of carbonyl (C=O) groups is 3. The molecule has 0 aliphatic carbocycles. The molecule has 16 nitrogen and oxygen atoms in total. The van der Waals surface area contributed by atoms with Crippen LogP contribution in [0, 0.1) is 5.82 Å². The second kappa shape index (κ2) is 23.1. The van der Waals surface area contributed by atoms with Gasteiger partial charge in [0.05, 0.1) is 25.8 Å². The van der Waals surface area contributed by atoms with Gasteiger partial charge in [-0.3, -0.25) is 23.5 Å². The zero-order valence-electron chi connectivity index (χ0n) is 42.4. The van der Waals surface area contributed by atoms with Crippen molar-refractivity contribution < 1.29 is 51.6 Å². The van der Waals surface area contributed by atoms with Crippen LogP contribution in [0.15, 0.2) is 78.1 Å².